The Hall–Kier alpha value is -2.77. The number of carbonyl (C=O) groups excluding carboxylic acids is 1. The summed E-state index contributed by atoms with van der Waals surface area (Å²) in [6.07, 6.45) is 6.57. The predicted molar refractivity (Wildman–Crippen MR) is 99.2 cm³/mol. The summed E-state index contributed by atoms with van der Waals surface area (Å²) >= 11 is 0. The minimum Gasteiger partial charge on any atom is -0.398 e. The molecule has 7 heteroatoms. The molecule has 2 aromatic rings. The number of nitrogens with one attached hydrogen (secondary N) is 1. The molecule has 0 saturated carbocycles. The summed E-state index contributed by atoms with van der Waals surface area (Å²) in [4.78, 5) is 16.5. The lowest BCUT2D eigenvalue weighted by Gasteiger charge is -2.10. The summed E-state index contributed by atoms with van der Waals surface area (Å²) in [5, 5.41) is 12.1. The number of carbonyl (C=O) groups is 1. The number of amides is 1. The number of nitrogens with two attached hydrogens (primary N) is 1. The third kappa shape index (κ3) is 4.07. The Bertz CT molecular complexity index is 822. The smallest absolute Gasteiger partial charge is 0.262 e. The molecular formula is C19H23N4O3+. The number of nitrogens with zero attached hydrogens (tertiary/aromatic N) is 2. The van der Waals surface area contributed by atoms with E-state index in [2.05, 4.69) is 10.3 Å². The Labute approximate surface area is 152 Å². The molecule has 2 atom stereocenters. The second kappa shape index (κ2) is 8.07. The molecule has 3 rings (SSSR count). The van der Waals surface area contributed by atoms with E-state index in [9.17, 15) is 9.90 Å². The fraction of sp³-hybridized carbons (Fsp3) is 0.316. The van der Waals surface area contributed by atoms with Crippen LogP contribution in [-0.4, -0.2) is 37.0 Å². The third-order valence-electron chi connectivity index (χ3n) is 4.32. The van der Waals surface area contributed by atoms with Crippen LogP contribution in [0.1, 0.15) is 35.0 Å². The molecule has 0 radical (unpaired) electrons. The van der Waals surface area contributed by atoms with E-state index < -0.39 is 0 Å². The number of anilines is 2. The SMILES string of the molecule is CN=Cc1cc(NC(=O)c2ccc[n+](C3CCC(CO)O3)c2)ccc1N. The maximum atomic E-state index is 12.6. The number of hydrogen-bond donors (Lipinski definition) is 3. The van der Waals surface area contributed by atoms with E-state index >= 15 is 0 Å². The first kappa shape index (κ1) is 18.0. The molecule has 1 saturated heterocycles. The normalized spacial score (nSPS) is 19.8. The van der Waals surface area contributed by atoms with Gasteiger partial charge in [-0.2, -0.15) is 4.57 Å². The van der Waals surface area contributed by atoms with Gasteiger partial charge < -0.3 is 20.9 Å². The summed E-state index contributed by atoms with van der Waals surface area (Å²) in [5.74, 6) is -0.222. The van der Waals surface area contributed by atoms with Gasteiger partial charge in [0.25, 0.3) is 12.1 Å². The standard InChI is InChI=1S/C19H22N4O3/c1-21-10-14-9-15(4-6-17(14)20)22-19(25)13-3-2-8-23(11-13)18-7-5-16(12-24)26-18/h2-4,6,8-11,16,18,24H,5,7,12H2,1H3,(H2-,20,21,22,25)/p+1. The predicted octanol–water partition coefficient (Wildman–Crippen LogP) is 1.53. The minimum atomic E-state index is -0.222. The Kier molecular flexibility index (Phi) is 5.60. The molecule has 1 aromatic heterocycles. The average Bonchev–Trinajstić information content (AvgIpc) is 3.14. The van der Waals surface area contributed by atoms with Crippen molar-refractivity contribution in [3.05, 3.63) is 53.9 Å². The Morgan fingerprint density at radius 3 is 3.04 bits per heavy atom. The molecule has 136 valence electrons. The van der Waals surface area contributed by atoms with Gasteiger partial charge in [0.05, 0.1) is 12.7 Å². The molecule has 1 aliphatic heterocycles. The van der Waals surface area contributed by atoms with E-state index in [1.165, 1.54) is 0 Å². The molecule has 4 N–H and O–H groups in total. The summed E-state index contributed by atoms with van der Waals surface area (Å²) in [6, 6.07) is 8.82. The maximum Gasteiger partial charge on any atom is 0.262 e. The molecule has 1 aliphatic rings. The molecule has 2 unspecified atom stereocenters. The van der Waals surface area contributed by atoms with Crippen molar-refractivity contribution in [1.29, 1.82) is 0 Å². The van der Waals surface area contributed by atoms with E-state index in [1.807, 2.05) is 16.8 Å². The highest BCUT2D eigenvalue weighted by atomic mass is 16.5. The Morgan fingerprint density at radius 1 is 1.46 bits per heavy atom. The number of aliphatic hydroxyl groups excluding tert-OH is 1. The third-order valence-corrected chi connectivity index (χ3v) is 4.32. The minimum absolute atomic E-state index is 0.0117. The molecule has 0 spiro atoms. The Morgan fingerprint density at radius 2 is 2.31 bits per heavy atom. The van der Waals surface area contributed by atoms with Gasteiger partial charge in [-0.05, 0) is 30.7 Å². The van der Waals surface area contributed by atoms with E-state index in [4.69, 9.17) is 10.5 Å². The van der Waals surface area contributed by atoms with Gasteiger partial charge >= 0.3 is 0 Å². The van der Waals surface area contributed by atoms with E-state index in [0.717, 1.165) is 18.4 Å². The number of aromatic nitrogens is 1. The van der Waals surface area contributed by atoms with Crippen molar-refractivity contribution in [3.8, 4) is 0 Å². The van der Waals surface area contributed by atoms with Crippen LogP contribution in [0.5, 0.6) is 0 Å². The molecule has 1 aromatic carbocycles. The van der Waals surface area contributed by atoms with Crippen LogP contribution in [0.2, 0.25) is 0 Å². The lowest BCUT2D eigenvalue weighted by molar-refractivity contribution is -0.759. The van der Waals surface area contributed by atoms with Gasteiger partial charge in [0.1, 0.15) is 5.56 Å². The van der Waals surface area contributed by atoms with Gasteiger partial charge in [-0.25, -0.2) is 0 Å². The second-order valence-corrected chi connectivity index (χ2v) is 6.20. The summed E-state index contributed by atoms with van der Waals surface area (Å²) < 4.78 is 7.62. The van der Waals surface area contributed by atoms with Crippen molar-refractivity contribution in [2.24, 2.45) is 4.99 Å². The van der Waals surface area contributed by atoms with E-state index in [0.29, 0.717) is 16.9 Å². The maximum absolute atomic E-state index is 12.6. The lowest BCUT2D eigenvalue weighted by atomic mass is 10.1. The first-order valence-corrected chi connectivity index (χ1v) is 8.51. The summed E-state index contributed by atoms with van der Waals surface area (Å²) in [7, 11) is 1.67. The molecule has 7 nitrogen and oxygen atoms in total. The van der Waals surface area contributed by atoms with Gasteiger partial charge in [0.2, 0.25) is 0 Å². The molecule has 1 fully saturated rings. The van der Waals surface area contributed by atoms with Gasteiger partial charge in [-0.3, -0.25) is 9.79 Å². The zero-order valence-corrected chi connectivity index (χ0v) is 14.6. The highest BCUT2D eigenvalue weighted by Gasteiger charge is 2.31. The van der Waals surface area contributed by atoms with Crippen LogP contribution in [0.15, 0.2) is 47.7 Å². The summed E-state index contributed by atoms with van der Waals surface area (Å²) in [6.45, 7) is 0.0117. The van der Waals surface area contributed by atoms with Crippen molar-refractivity contribution in [2.45, 2.75) is 25.2 Å². The number of pyridine rings is 1. The fourth-order valence-electron chi connectivity index (χ4n) is 2.95. The van der Waals surface area contributed by atoms with Crippen LogP contribution in [0.25, 0.3) is 0 Å². The quantitative estimate of drug-likeness (QED) is 0.430. The average molecular weight is 355 g/mol. The second-order valence-electron chi connectivity index (χ2n) is 6.20. The molecule has 0 aliphatic carbocycles. The fourth-order valence-corrected chi connectivity index (χ4v) is 2.95. The van der Waals surface area contributed by atoms with Crippen molar-refractivity contribution in [3.63, 3.8) is 0 Å². The number of benzene rings is 1. The molecule has 26 heavy (non-hydrogen) atoms. The highest BCUT2D eigenvalue weighted by Crippen LogP contribution is 2.23. The summed E-state index contributed by atoms with van der Waals surface area (Å²) in [5.41, 5.74) is 8.41. The van der Waals surface area contributed by atoms with Crippen LogP contribution >= 0.6 is 0 Å². The monoisotopic (exact) mass is 355 g/mol. The van der Waals surface area contributed by atoms with E-state index in [-0.39, 0.29) is 24.8 Å². The number of ether oxygens (including phenoxy) is 1. The number of rotatable bonds is 5. The van der Waals surface area contributed by atoms with Crippen LogP contribution in [0.3, 0.4) is 0 Å². The highest BCUT2D eigenvalue weighted by molar-refractivity contribution is 6.04. The van der Waals surface area contributed by atoms with E-state index in [1.54, 1.807) is 43.7 Å². The lowest BCUT2D eigenvalue weighted by Crippen LogP contribution is -2.40. The van der Waals surface area contributed by atoms with Crippen LogP contribution in [0.4, 0.5) is 11.4 Å². The molecule has 0 bridgehead atoms. The Balaban J connectivity index is 1.74. The first-order valence-electron chi connectivity index (χ1n) is 8.51. The zero-order chi connectivity index (χ0) is 18.5. The largest absolute Gasteiger partial charge is 0.398 e. The van der Waals surface area contributed by atoms with Crippen LogP contribution in [-0.2, 0) is 4.74 Å². The van der Waals surface area contributed by atoms with Crippen molar-refractivity contribution < 1.29 is 19.2 Å². The van der Waals surface area contributed by atoms with Gasteiger partial charge in [-0.15, -0.1) is 0 Å². The molecule has 2 heterocycles. The number of nitrogen functional groups attached to an aromatic ring is 1. The van der Waals surface area contributed by atoms with Gasteiger partial charge in [0, 0.05) is 42.7 Å². The van der Waals surface area contributed by atoms with Gasteiger partial charge in [0.15, 0.2) is 12.4 Å². The number of aliphatic hydroxyl groups is 1. The van der Waals surface area contributed by atoms with Crippen LogP contribution < -0.4 is 15.6 Å². The molecule has 1 amide bonds. The van der Waals surface area contributed by atoms with Crippen molar-refractivity contribution in [2.75, 3.05) is 24.7 Å². The van der Waals surface area contributed by atoms with Crippen LogP contribution in [0, 0.1) is 0 Å². The van der Waals surface area contributed by atoms with Crippen molar-refractivity contribution in [1.82, 2.24) is 0 Å². The number of hydrogen-bond acceptors (Lipinski definition) is 5. The topological polar surface area (TPSA) is 101 Å². The van der Waals surface area contributed by atoms with Crippen molar-refractivity contribution >= 4 is 23.5 Å². The first-order chi connectivity index (χ1) is 12.6. The number of aliphatic imine (C=N–C) groups is 1. The molecular weight excluding hydrogens is 332 g/mol. The van der Waals surface area contributed by atoms with Gasteiger partial charge in [-0.1, -0.05) is 0 Å². The zero-order valence-electron chi connectivity index (χ0n) is 14.6.